The van der Waals surface area contributed by atoms with Crippen molar-refractivity contribution in [2.75, 3.05) is 17.1 Å². The highest BCUT2D eigenvalue weighted by molar-refractivity contribution is 7.92. The molecule has 33 heavy (non-hydrogen) atoms. The number of halogens is 2. The molecular weight excluding hydrogens is 485 g/mol. The molecule has 0 aliphatic heterocycles. The molecule has 2 amide bonds. The van der Waals surface area contributed by atoms with Gasteiger partial charge in [0.2, 0.25) is 21.8 Å². The highest BCUT2D eigenvalue weighted by Crippen LogP contribution is 2.28. The van der Waals surface area contributed by atoms with Gasteiger partial charge in [0.25, 0.3) is 0 Å². The number of anilines is 1. The van der Waals surface area contributed by atoms with Crippen molar-refractivity contribution in [2.45, 2.75) is 45.8 Å². The Balaban J connectivity index is 2.43. The van der Waals surface area contributed by atoms with E-state index in [1.807, 2.05) is 20.8 Å². The lowest BCUT2D eigenvalue weighted by Gasteiger charge is -2.33. The van der Waals surface area contributed by atoms with Crippen LogP contribution in [0.4, 0.5) is 5.69 Å². The van der Waals surface area contributed by atoms with Crippen molar-refractivity contribution in [1.82, 2.24) is 10.2 Å². The lowest BCUT2D eigenvalue weighted by molar-refractivity contribution is -0.140. The molecule has 0 radical (unpaired) electrons. The standard InChI is InChI=1S/C23H29Cl2N3O4S/c1-16(22(30)26-23(2,3)4)27(14-17-10-6-7-11-18(17)24)21(29)15-28(33(5,31)32)20-13-9-8-12-19(20)25/h6-13,16H,14-15H2,1-5H3,(H,26,30). The Hall–Kier alpha value is -2.29. The first-order valence-corrected chi connectivity index (χ1v) is 12.9. The molecule has 2 aromatic carbocycles. The van der Waals surface area contributed by atoms with E-state index in [1.165, 1.54) is 11.0 Å². The third-order valence-electron chi connectivity index (χ3n) is 4.76. The molecule has 0 heterocycles. The number of nitrogens with zero attached hydrogens (tertiary/aromatic N) is 2. The van der Waals surface area contributed by atoms with E-state index in [-0.39, 0.29) is 23.2 Å². The summed E-state index contributed by atoms with van der Waals surface area (Å²) >= 11 is 12.5. The van der Waals surface area contributed by atoms with Gasteiger partial charge in [-0.05, 0) is 51.5 Å². The van der Waals surface area contributed by atoms with Crippen LogP contribution in [0, 0.1) is 0 Å². The van der Waals surface area contributed by atoms with Gasteiger partial charge in [-0.15, -0.1) is 0 Å². The number of hydrogen-bond acceptors (Lipinski definition) is 4. The fourth-order valence-corrected chi connectivity index (χ4v) is 4.46. The van der Waals surface area contributed by atoms with Crippen LogP contribution in [-0.2, 0) is 26.2 Å². The summed E-state index contributed by atoms with van der Waals surface area (Å²) < 4.78 is 26.0. The minimum Gasteiger partial charge on any atom is -0.350 e. The van der Waals surface area contributed by atoms with Gasteiger partial charge < -0.3 is 10.2 Å². The summed E-state index contributed by atoms with van der Waals surface area (Å²) in [6.07, 6.45) is 0.998. The molecule has 180 valence electrons. The Labute approximate surface area is 205 Å². The van der Waals surface area contributed by atoms with Crippen molar-refractivity contribution in [1.29, 1.82) is 0 Å². The molecule has 1 N–H and O–H groups in total. The fourth-order valence-electron chi connectivity index (χ4n) is 3.12. The summed E-state index contributed by atoms with van der Waals surface area (Å²) in [5, 5.41) is 3.48. The van der Waals surface area contributed by atoms with Crippen LogP contribution in [0.2, 0.25) is 10.0 Å². The normalized spacial score (nSPS) is 12.7. The van der Waals surface area contributed by atoms with Crippen molar-refractivity contribution in [3.63, 3.8) is 0 Å². The summed E-state index contributed by atoms with van der Waals surface area (Å²) in [5.74, 6) is -0.941. The molecule has 0 fully saturated rings. The molecule has 10 heteroatoms. The van der Waals surface area contributed by atoms with E-state index < -0.39 is 34.1 Å². The predicted molar refractivity (Wildman–Crippen MR) is 133 cm³/mol. The van der Waals surface area contributed by atoms with Gasteiger partial charge in [0, 0.05) is 17.1 Å². The summed E-state index contributed by atoms with van der Waals surface area (Å²) in [7, 11) is -3.85. The van der Waals surface area contributed by atoms with E-state index in [4.69, 9.17) is 23.2 Å². The largest absolute Gasteiger partial charge is 0.350 e. The van der Waals surface area contributed by atoms with Crippen LogP contribution >= 0.6 is 23.2 Å². The zero-order valence-corrected chi connectivity index (χ0v) is 21.6. The molecule has 0 saturated heterocycles. The van der Waals surface area contributed by atoms with E-state index in [0.29, 0.717) is 10.6 Å². The number of carbonyl (C=O) groups is 2. The highest BCUT2D eigenvalue weighted by Gasteiger charge is 2.32. The Kier molecular flexibility index (Phi) is 8.79. The van der Waals surface area contributed by atoms with Gasteiger partial charge in [0.15, 0.2) is 0 Å². The number of carbonyl (C=O) groups excluding carboxylic acids is 2. The molecule has 7 nitrogen and oxygen atoms in total. The van der Waals surface area contributed by atoms with Gasteiger partial charge in [-0.2, -0.15) is 0 Å². The van der Waals surface area contributed by atoms with Crippen LogP contribution in [-0.4, -0.2) is 49.5 Å². The monoisotopic (exact) mass is 513 g/mol. The molecule has 0 aromatic heterocycles. The molecule has 0 aliphatic carbocycles. The second-order valence-corrected chi connectivity index (χ2v) is 11.5. The first-order valence-electron chi connectivity index (χ1n) is 10.3. The number of rotatable bonds is 8. The smallest absolute Gasteiger partial charge is 0.244 e. The lowest BCUT2D eigenvalue weighted by atomic mass is 10.1. The third-order valence-corrected chi connectivity index (χ3v) is 6.58. The van der Waals surface area contributed by atoms with Crippen molar-refractivity contribution in [3.05, 3.63) is 64.1 Å². The maximum Gasteiger partial charge on any atom is 0.244 e. The third kappa shape index (κ3) is 7.62. The van der Waals surface area contributed by atoms with Gasteiger partial charge in [0.1, 0.15) is 12.6 Å². The number of sulfonamides is 1. The molecule has 0 saturated carbocycles. The second-order valence-electron chi connectivity index (χ2n) is 8.75. The topological polar surface area (TPSA) is 86.8 Å². The van der Waals surface area contributed by atoms with Gasteiger partial charge in [-0.1, -0.05) is 53.5 Å². The van der Waals surface area contributed by atoms with Crippen molar-refractivity contribution >= 4 is 50.7 Å². The average Bonchev–Trinajstić information content (AvgIpc) is 2.69. The lowest BCUT2D eigenvalue weighted by Crippen LogP contribution is -2.54. The predicted octanol–water partition coefficient (Wildman–Crippen LogP) is 4.09. The van der Waals surface area contributed by atoms with Crippen LogP contribution in [0.25, 0.3) is 0 Å². The van der Waals surface area contributed by atoms with Gasteiger partial charge >= 0.3 is 0 Å². The van der Waals surface area contributed by atoms with Crippen molar-refractivity contribution in [2.24, 2.45) is 0 Å². The van der Waals surface area contributed by atoms with Crippen LogP contribution < -0.4 is 9.62 Å². The van der Waals surface area contributed by atoms with Gasteiger partial charge in [0.05, 0.1) is 17.0 Å². The van der Waals surface area contributed by atoms with Crippen molar-refractivity contribution < 1.29 is 18.0 Å². The molecule has 1 unspecified atom stereocenters. The quantitative estimate of drug-likeness (QED) is 0.575. The zero-order chi connectivity index (χ0) is 25.0. The molecule has 0 aliphatic rings. The fraction of sp³-hybridized carbons (Fsp3) is 0.391. The van der Waals surface area contributed by atoms with E-state index in [1.54, 1.807) is 49.4 Å². The SMILES string of the molecule is CC(C(=O)NC(C)(C)C)N(Cc1ccccc1Cl)C(=O)CN(c1ccccc1Cl)S(C)(=O)=O. The van der Waals surface area contributed by atoms with E-state index in [0.717, 1.165) is 10.6 Å². The summed E-state index contributed by atoms with van der Waals surface area (Å²) in [6, 6.07) is 12.4. The number of nitrogens with one attached hydrogen (secondary N) is 1. The second kappa shape index (κ2) is 10.8. The van der Waals surface area contributed by atoms with Gasteiger partial charge in [-0.3, -0.25) is 13.9 Å². The molecular formula is C23H29Cl2N3O4S. The van der Waals surface area contributed by atoms with E-state index in [2.05, 4.69) is 5.32 Å². The highest BCUT2D eigenvalue weighted by atomic mass is 35.5. The van der Waals surface area contributed by atoms with E-state index in [9.17, 15) is 18.0 Å². The Morgan fingerprint density at radius 3 is 2.06 bits per heavy atom. The molecule has 0 bridgehead atoms. The molecule has 1 atom stereocenters. The van der Waals surface area contributed by atoms with Crippen LogP contribution in [0.5, 0.6) is 0 Å². The number of benzene rings is 2. The maximum absolute atomic E-state index is 13.5. The van der Waals surface area contributed by atoms with E-state index >= 15 is 0 Å². The Morgan fingerprint density at radius 1 is 1.00 bits per heavy atom. The number of para-hydroxylation sites is 1. The minimum atomic E-state index is -3.85. The molecule has 2 rings (SSSR count). The first-order chi connectivity index (χ1) is 15.2. The summed E-state index contributed by atoms with van der Waals surface area (Å²) in [6.45, 7) is 6.59. The average molecular weight is 514 g/mol. The van der Waals surface area contributed by atoms with Gasteiger partial charge in [-0.25, -0.2) is 8.42 Å². The Bertz CT molecular complexity index is 1120. The zero-order valence-electron chi connectivity index (χ0n) is 19.3. The number of hydrogen-bond donors (Lipinski definition) is 1. The Morgan fingerprint density at radius 2 is 1.55 bits per heavy atom. The minimum absolute atomic E-state index is 0.0252. The molecule has 2 aromatic rings. The van der Waals surface area contributed by atoms with Crippen molar-refractivity contribution in [3.8, 4) is 0 Å². The summed E-state index contributed by atoms with van der Waals surface area (Å²) in [4.78, 5) is 27.7. The maximum atomic E-state index is 13.5. The number of amides is 2. The van der Waals surface area contributed by atoms with Crippen LogP contribution in [0.3, 0.4) is 0 Å². The van der Waals surface area contributed by atoms with Crippen LogP contribution in [0.15, 0.2) is 48.5 Å². The van der Waals surface area contributed by atoms with Crippen LogP contribution in [0.1, 0.15) is 33.3 Å². The summed E-state index contributed by atoms with van der Waals surface area (Å²) in [5.41, 5.74) is 0.298. The molecule has 0 spiro atoms. The first kappa shape index (κ1) is 27.0.